The number of nitrogens with one attached hydrogen (secondary N) is 1. The van der Waals surface area contributed by atoms with E-state index >= 15 is 0 Å². The molecule has 0 radical (unpaired) electrons. The van der Waals surface area contributed by atoms with E-state index < -0.39 is 16.7 Å². The standard InChI is InChI=1S/C6H13NO4S/c1-4-5(7-6(8)9)2-3-12(4,10)11/h4-5,7,10-11H,2-3H2,1H3,(H,8,9). The van der Waals surface area contributed by atoms with Crippen LogP contribution >= 0.6 is 10.6 Å². The summed E-state index contributed by atoms with van der Waals surface area (Å²) < 4.78 is 18.7. The Bertz CT molecular complexity index is 196. The lowest BCUT2D eigenvalue weighted by atomic mass is 10.2. The van der Waals surface area contributed by atoms with Crippen LogP contribution in [0.3, 0.4) is 0 Å². The van der Waals surface area contributed by atoms with Gasteiger partial charge in [0, 0.05) is 5.75 Å². The normalized spacial score (nSPS) is 35.9. The summed E-state index contributed by atoms with van der Waals surface area (Å²) in [6, 6.07) is -0.313. The van der Waals surface area contributed by atoms with Crippen molar-refractivity contribution in [3.63, 3.8) is 0 Å². The van der Waals surface area contributed by atoms with Crippen LogP contribution in [0.1, 0.15) is 13.3 Å². The third-order valence-corrected chi connectivity index (χ3v) is 4.56. The van der Waals surface area contributed by atoms with E-state index in [1.807, 2.05) is 0 Å². The van der Waals surface area contributed by atoms with Crippen LogP contribution in [0.4, 0.5) is 4.79 Å². The maximum atomic E-state index is 10.2. The predicted octanol–water partition coefficient (Wildman–Crippen LogP) is 1.17. The number of rotatable bonds is 1. The monoisotopic (exact) mass is 195 g/mol. The molecule has 2 atom stereocenters. The second-order valence-corrected chi connectivity index (χ2v) is 5.56. The highest BCUT2D eigenvalue weighted by Gasteiger charge is 2.37. The molecule has 1 saturated heterocycles. The van der Waals surface area contributed by atoms with Gasteiger partial charge in [0.05, 0.1) is 11.3 Å². The molecular formula is C6H13NO4S. The van der Waals surface area contributed by atoms with Gasteiger partial charge in [-0.1, -0.05) is 0 Å². The molecule has 1 fully saturated rings. The highest BCUT2D eigenvalue weighted by atomic mass is 32.3. The lowest BCUT2D eigenvalue weighted by Crippen LogP contribution is -2.38. The summed E-state index contributed by atoms with van der Waals surface area (Å²) in [5.41, 5.74) is 0. The summed E-state index contributed by atoms with van der Waals surface area (Å²) in [5, 5.41) is 10.3. The molecule has 0 saturated carbocycles. The molecule has 1 heterocycles. The topological polar surface area (TPSA) is 89.8 Å². The van der Waals surface area contributed by atoms with E-state index in [1.54, 1.807) is 6.92 Å². The Morgan fingerprint density at radius 1 is 1.58 bits per heavy atom. The molecule has 4 N–H and O–H groups in total. The van der Waals surface area contributed by atoms with Crippen molar-refractivity contribution in [3.05, 3.63) is 0 Å². The average Bonchev–Trinajstić information content (AvgIpc) is 2.15. The van der Waals surface area contributed by atoms with Gasteiger partial charge in [-0.2, -0.15) is 10.6 Å². The van der Waals surface area contributed by atoms with Gasteiger partial charge in [-0.3, -0.25) is 9.11 Å². The van der Waals surface area contributed by atoms with E-state index in [2.05, 4.69) is 5.32 Å². The fourth-order valence-electron chi connectivity index (χ4n) is 1.33. The predicted molar refractivity (Wildman–Crippen MR) is 46.7 cm³/mol. The SMILES string of the molecule is CC1C(NC(=O)O)CCS1(O)O. The van der Waals surface area contributed by atoms with E-state index in [4.69, 9.17) is 5.11 Å². The zero-order valence-corrected chi connectivity index (χ0v) is 7.54. The van der Waals surface area contributed by atoms with Crippen LogP contribution in [0.15, 0.2) is 0 Å². The maximum Gasteiger partial charge on any atom is 0.404 e. The van der Waals surface area contributed by atoms with Crippen LogP contribution in [0, 0.1) is 0 Å². The number of carboxylic acid groups (broad SMARTS) is 1. The molecule has 6 heteroatoms. The Labute approximate surface area is 72.1 Å². The van der Waals surface area contributed by atoms with Gasteiger partial charge in [0.1, 0.15) is 0 Å². The van der Waals surface area contributed by atoms with E-state index in [0.29, 0.717) is 12.2 Å². The van der Waals surface area contributed by atoms with Crippen LogP contribution in [0.2, 0.25) is 0 Å². The van der Waals surface area contributed by atoms with Crippen molar-refractivity contribution in [1.82, 2.24) is 5.32 Å². The van der Waals surface area contributed by atoms with Crippen LogP contribution in [0.5, 0.6) is 0 Å². The second kappa shape index (κ2) is 3.12. The van der Waals surface area contributed by atoms with Crippen molar-refractivity contribution in [1.29, 1.82) is 0 Å². The molecule has 1 aliphatic rings. The fraction of sp³-hybridized carbons (Fsp3) is 0.833. The summed E-state index contributed by atoms with van der Waals surface area (Å²) >= 11 is 0. The van der Waals surface area contributed by atoms with E-state index in [1.165, 1.54) is 0 Å². The summed E-state index contributed by atoms with van der Waals surface area (Å²) in [5.74, 6) is 0.305. The van der Waals surface area contributed by atoms with Crippen molar-refractivity contribution < 1.29 is 19.0 Å². The number of hydrogen-bond donors (Lipinski definition) is 4. The Morgan fingerprint density at radius 2 is 2.17 bits per heavy atom. The molecule has 0 aromatic carbocycles. The van der Waals surface area contributed by atoms with E-state index in [9.17, 15) is 13.9 Å². The van der Waals surface area contributed by atoms with E-state index in [-0.39, 0.29) is 11.3 Å². The van der Waals surface area contributed by atoms with Crippen LogP contribution in [-0.4, -0.2) is 37.3 Å². The smallest absolute Gasteiger partial charge is 0.404 e. The molecule has 72 valence electrons. The molecule has 12 heavy (non-hydrogen) atoms. The Kier molecular flexibility index (Phi) is 2.50. The average molecular weight is 195 g/mol. The highest BCUT2D eigenvalue weighted by Crippen LogP contribution is 2.51. The maximum absolute atomic E-state index is 10.2. The molecular weight excluding hydrogens is 182 g/mol. The molecule has 0 bridgehead atoms. The minimum absolute atomic E-state index is 0.305. The minimum atomic E-state index is -2.55. The third-order valence-electron chi connectivity index (χ3n) is 2.20. The van der Waals surface area contributed by atoms with Crippen molar-refractivity contribution in [2.45, 2.75) is 24.6 Å². The van der Waals surface area contributed by atoms with Crippen LogP contribution in [-0.2, 0) is 0 Å². The molecule has 0 aromatic heterocycles. The zero-order valence-electron chi connectivity index (χ0n) is 6.73. The van der Waals surface area contributed by atoms with Gasteiger partial charge in [0.2, 0.25) is 0 Å². The van der Waals surface area contributed by atoms with Gasteiger partial charge < -0.3 is 10.4 Å². The van der Waals surface area contributed by atoms with Gasteiger partial charge >= 0.3 is 6.09 Å². The second-order valence-electron chi connectivity index (χ2n) is 2.97. The first-order valence-electron chi connectivity index (χ1n) is 3.67. The fourth-order valence-corrected chi connectivity index (χ4v) is 3.04. The third kappa shape index (κ3) is 1.82. The first-order valence-corrected chi connectivity index (χ1v) is 5.45. The molecule has 0 aromatic rings. The molecule has 1 aliphatic heterocycles. The van der Waals surface area contributed by atoms with Gasteiger partial charge in [0.25, 0.3) is 0 Å². The number of carbonyl (C=O) groups is 1. The first-order chi connectivity index (χ1) is 5.43. The lowest BCUT2D eigenvalue weighted by Gasteiger charge is -2.33. The van der Waals surface area contributed by atoms with Gasteiger partial charge in [0.15, 0.2) is 0 Å². The lowest BCUT2D eigenvalue weighted by molar-refractivity contribution is 0.190. The molecule has 1 amide bonds. The number of hydrogen-bond acceptors (Lipinski definition) is 3. The summed E-state index contributed by atoms with van der Waals surface area (Å²) in [6.45, 7) is 1.66. The van der Waals surface area contributed by atoms with E-state index in [0.717, 1.165) is 0 Å². The van der Waals surface area contributed by atoms with Crippen molar-refractivity contribution in [3.8, 4) is 0 Å². The van der Waals surface area contributed by atoms with Crippen molar-refractivity contribution >= 4 is 16.7 Å². The summed E-state index contributed by atoms with van der Waals surface area (Å²) in [6.07, 6.45) is -0.598. The van der Waals surface area contributed by atoms with Crippen LogP contribution < -0.4 is 5.32 Å². The zero-order chi connectivity index (χ0) is 9.35. The van der Waals surface area contributed by atoms with Crippen LogP contribution in [0.25, 0.3) is 0 Å². The Morgan fingerprint density at radius 3 is 2.50 bits per heavy atom. The first kappa shape index (κ1) is 9.63. The Hall–Kier alpha value is -0.460. The number of amides is 1. The molecule has 1 rings (SSSR count). The molecule has 2 unspecified atom stereocenters. The molecule has 5 nitrogen and oxygen atoms in total. The largest absolute Gasteiger partial charge is 0.465 e. The van der Waals surface area contributed by atoms with Crippen molar-refractivity contribution in [2.75, 3.05) is 5.75 Å². The minimum Gasteiger partial charge on any atom is -0.465 e. The summed E-state index contributed by atoms with van der Waals surface area (Å²) in [4.78, 5) is 10.2. The van der Waals surface area contributed by atoms with Crippen molar-refractivity contribution in [2.24, 2.45) is 0 Å². The quantitative estimate of drug-likeness (QED) is 0.505. The Balaban J connectivity index is 2.55. The van der Waals surface area contributed by atoms with Gasteiger partial charge in [-0.05, 0) is 13.3 Å². The van der Waals surface area contributed by atoms with Gasteiger partial charge in [-0.15, -0.1) is 0 Å². The molecule has 0 aliphatic carbocycles. The molecule has 0 spiro atoms. The van der Waals surface area contributed by atoms with Gasteiger partial charge in [-0.25, -0.2) is 4.79 Å². The summed E-state index contributed by atoms with van der Waals surface area (Å²) in [7, 11) is -2.55. The highest BCUT2D eigenvalue weighted by molar-refractivity contribution is 8.25.